The average molecular weight is 321 g/mol. The number of carbonyl (C=O) groups is 1. The maximum Gasteiger partial charge on any atom is 0.225 e. The molecular formula is C18H24FNO3. The molecule has 3 rings (SSSR count). The summed E-state index contributed by atoms with van der Waals surface area (Å²) in [5.41, 5.74) is 0. The van der Waals surface area contributed by atoms with Crippen LogP contribution in [-0.4, -0.2) is 43.2 Å². The molecule has 2 fully saturated rings. The molecule has 5 heteroatoms. The zero-order valence-electron chi connectivity index (χ0n) is 13.4. The number of amides is 1. The van der Waals surface area contributed by atoms with Gasteiger partial charge < -0.3 is 14.4 Å². The van der Waals surface area contributed by atoms with E-state index in [1.807, 2.05) is 4.90 Å². The zero-order chi connectivity index (χ0) is 16.1. The first kappa shape index (κ1) is 16.2. The molecule has 126 valence electrons. The first-order chi connectivity index (χ1) is 11.2. The summed E-state index contributed by atoms with van der Waals surface area (Å²) < 4.78 is 24.1. The maximum absolute atomic E-state index is 12.8. The summed E-state index contributed by atoms with van der Waals surface area (Å²) in [6, 6.07) is 5.98. The van der Waals surface area contributed by atoms with Gasteiger partial charge in [-0.1, -0.05) is 6.42 Å². The summed E-state index contributed by atoms with van der Waals surface area (Å²) in [6.45, 7) is 2.57. The van der Waals surface area contributed by atoms with Crippen LogP contribution in [0, 0.1) is 11.7 Å². The Morgan fingerprint density at radius 2 is 1.78 bits per heavy atom. The zero-order valence-corrected chi connectivity index (χ0v) is 13.4. The first-order valence-corrected chi connectivity index (χ1v) is 8.51. The number of likely N-dealkylation sites (tertiary alicyclic amines) is 1. The largest absolute Gasteiger partial charge is 0.491 e. The SMILES string of the molecule is O=C(C1CCC1)N1CCC(OCCOc2ccc(F)cc2)CC1. The fourth-order valence-electron chi connectivity index (χ4n) is 3.06. The van der Waals surface area contributed by atoms with Crippen molar-refractivity contribution in [1.82, 2.24) is 4.90 Å². The number of piperidine rings is 1. The summed E-state index contributed by atoms with van der Waals surface area (Å²) in [7, 11) is 0. The third-order valence-electron chi connectivity index (χ3n) is 4.73. The van der Waals surface area contributed by atoms with Gasteiger partial charge in [-0.2, -0.15) is 0 Å². The van der Waals surface area contributed by atoms with Gasteiger partial charge in [0.25, 0.3) is 0 Å². The number of ether oxygens (including phenoxy) is 2. The highest BCUT2D eigenvalue weighted by atomic mass is 19.1. The Bertz CT molecular complexity index is 508. The second kappa shape index (κ2) is 7.77. The van der Waals surface area contributed by atoms with E-state index in [1.54, 1.807) is 12.1 Å². The number of hydrogen-bond donors (Lipinski definition) is 0. The van der Waals surface area contributed by atoms with E-state index >= 15 is 0 Å². The maximum atomic E-state index is 12.8. The van der Waals surface area contributed by atoms with Gasteiger partial charge in [-0.15, -0.1) is 0 Å². The molecule has 4 nitrogen and oxygen atoms in total. The van der Waals surface area contributed by atoms with E-state index in [0.717, 1.165) is 38.8 Å². The molecule has 0 spiro atoms. The van der Waals surface area contributed by atoms with Gasteiger partial charge in [-0.3, -0.25) is 4.79 Å². The second-order valence-electron chi connectivity index (χ2n) is 6.33. The fraction of sp³-hybridized carbons (Fsp3) is 0.611. The van der Waals surface area contributed by atoms with Crippen LogP contribution in [0.3, 0.4) is 0 Å². The molecule has 1 aliphatic heterocycles. The van der Waals surface area contributed by atoms with E-state index in [0.29, 0.717) is 24.9 Å². The van der Waals surface area contributed by atoms with Crippen LogP contribution in [0.25, 0.3) is 0 Å². The first-order valence-electron chi connectivity index (χ1n) is 8.51. The molecule has 1 saturated carbocycles. The second-order valence-corrected chi connectivity index (χ2v) is 6.33. The number of hydrogen-bond acceptors (Lipinski definition) is 3. The van der Waals surface area contributed by atoms with Crippen LogP contribution in [-0.2, 0) is 9.53 Å². The highest BCUT2D eigenvalue weighted by Crippen LogP contribution is 2.29. The summed E-state index contributed by atoms with van der Waals surface area (Å²) >= 11 is 0. The molecule has 1 aliphatic carbocycles. The number of benzene rings is 1. The van der Waals surface area contributed by atoms with Gasteiger partial charge in [-0.25, -0.2) is 4.39 Å². The molecule has 1 amide bonds. The summed E-state index contributed by atoms with van der Waals surface area (Å²) in [5, 5.41) is 0. The van der Waals surface area contributed by atoms with Crippen molar-refractivity contribution >= 4 is 5.91 Å². The Kier molecular flexibility index (Phi) is 5.49. The lowest BCUT2D eigenvalue weighted by Gasteiger charge is -2.36. The molecule has 1 aromatic rings. The van der Waals surface area contributed by atoms with Crippen molar-refractivity contribution < 1.29 is 18.7 Å². The molecular weight excluding hydrogens is 297 g/mol. The minimum Gasteiger partial charge on any atom is -0.491 e. The van der Waals surface area contributed by atoms with E-state index in [1.165, 1.54) is 18.6 Å². The summed E-state index contributed by atoms with van der Waals surface area (Å²) in [4.78, 5) is 14.2. The van der Waals surface area contributed by atoms with Crippen molar-refractivity contribution in [3.63, 3.8) is 0 Å². The lowest BCUT2D eigenvalue weighted by atomic mass is 9.84. The van der Waals surface area contributed by atoms with E-state index in [-0.39, 0.29) is 17.8 Å². The van der Waals surface area contributed by atoms with E-state index in [4.69, 9.17) is 9.47 Å². The standard InChI is InChI=1S/C18H24FNO3/c19-15-4-6-16(7-5-15)22-12-13-23-17-8-10-20(11-9-17)18(21)14-2-1-3-14/h4-7,14,17H,1-3,8-13H2. The van der Waals surface area contributed by atoms with Crippen LogP contribution in [0.2, 0.25) is 0 Å². The van der Waals surface area contributed by atoms with E-state index in [2.05, 4.69) is 0 Å². The van der Waals surface area contributed by atoms with Gasteiger partial charge in [0.2, 0.25) is 5.91 Å². The van der Waals surface area contributed by atoms with Gasteiger partial charge in [0.1, 0.15) is 18.2 Å². The lowest BCUT2D eigenvalue weighted by molar-refractivity contribution is -0.140. The highest BCUT2D eigenvalue weighted by molar-refractivity contribution is 5.79. The van der Waals surface area contributed by atoms with E-state index < -0.39 is 0 Å². The quantitative estimate of drug-likeness (QED) is 0.756. The molecule has 0 bridgehead atoms. The third kappa shape index (κ3) is 4.44. The van der Waals surface area contributed by atoms with Crippen molar-refractivity contribution in [1.29, 1.82) is 0 Å². The monoisotopic (exact) mass is 321 g/mol. The van der Waals surface area contributed by atoms with Crippen LogP contribution < -0.4 is 4.74 Å². The minimum atomic E-state index is -0.267. The molecule has 0 N–H and O–H groups in total. The molecule has 0 radical (unpaired) electrons. The third-order valence-corrected chi connectivity index (χ3v) is 4.73. The number of nitrogens with zero attached hydrogens (tertiary/aromatic N) is 1. The number of carbonyl (C=O) groups excluding carboxylic acids is 1. The van der Waals surface area contributed by atoms with Gasteiger partial charge in [0, 0.05) is 19.0 Å². The van der Waals surface area contributed by atoms with Crippen molar-refractivity contribution in [2.45, 2.75) is 38.2 Å². The molecule has 0 atom stereocenters. The Labute approximate surface area is 136 Å². The molecule has 23 heavy (non-hydrogen) atoms. The van der Waals surface area contributed by atoms with Crippen LogP contribution in [0.4, 0.5) is 4.39 Å². The van der Waals surface area contributed by atoms with Crippen molar-refractivity contribution in [3.8, 4) is 5.75 Å². The Hall–Kier alpha value is -1.62. The summed E-state index contributed by atoms with van der Waals surface area (Å²) in [5.74, 6) is 1.01. The molecule has 0 unspecified atom stereocenters. The Morgan fingerprint density at radius 3 is 2.39 bits per heavy atom. The van der Waals surface area contributed by atoms with Gasteiger partial charge >= 0.3 is 0 Å². The lowest BCUT2D eigenvalue weighted by Crippen LogP contribution is -2.45. The normalized spacial score (nSPS) is 19.4. The molecule has 1 heterocycles. The van der Waals surface area contributed by atoms with Crippen LogP contribution in [0.1, 0.15) is 32.1 Å². The van der Waals surface area contributed by atoms with Crippen molar-refractivity contribution in [2.24, 2.45) is 5.92 Å². The topological polar surface area (TPSA) is 38.8 Å². The van der Waals surface area contributed by atoms with E-state index in [9.17, 15) is 9.18 Å². The highest BCUT2D eigenvalue weighted by Gasteiger charge is 2.31. The van der Waals surface area contributed by atoms with Crippen LogP contribution in [0.15, 0.2) is 24.3 Å². The predicted molar refractivity (Wildman–Crippen MR) is 84.8 cm³/mol. The fourth-order valence-corrected chi connectivity index (χ4v) is 3.06. The van der Waals surface area contributed by atoms with Gasteiger partial charge in [-0.05, 0) is 49.9 Å². The molecule has 0 aromatic heterocycles. The van der Waals surface area contributed by atoms with Crippen molar-refractivity contribution in [2.75, 3.05) is 26.3 Å². The molecule has 1 aromatic carbocycles. The molecule has 1 saturated heterocycles. The Morgan fingerprint density at radius 1 is 1.09 bits per heavy atom. The van der Waals surface area contributed by atoms with Crippen LogP contribution in [0.5, 0.6) is 5.75 Å². The molecule has 2 aliphatic rings. The average Bonchev–Trinajstić information content (AvgIpc) is 2.52. The predicted octanol–water partition coefficient (Wildman–Crippen LogP) is 3.01. The Balaban J connectivity index is 1.30. The summed E-state index contributed by atoms with van der Waals surface area (Å²) in [6.07, 6.45) is 5.33. The minimum absolute atomic E-state index is 0.206. The number of halogens is 1. The van der Waals surface area contributed by atoms with Crippen LogP contribution >= 0.6 is 0 Å². The van der Waals surface area contributed by atoms with Gasteiger partial charge in [0.15, 0.2) is 0 Å². The smallest absolute Gasteiger partial charge is 0.225 e. The van der Waals surface area contributed by atoms with Crippen molar-refractivity contribution in [3.05, 3.63) is 30.1 Å². The number of rotatable bonds is 6. The van der Waals surface area contributed by atoms with Gasteiger partial charge in [0.05, 0.1) is 12.7 Å².